The van der Waals surface area contributed by atoms with Crippen molar-refractivity contribution < 1.29 is 9.53 Å². The molecule has 0 aromatic rings. The predicted octanol–water partition coefficient (Wildman–Crippen LogP) is 1.38. The number of nitrogens with zero attached hydrogens (tertiary/aromatic N) is 1. The van der Waals surface area contributed by atoms with Gasteiger partial charge in [0.2, 0.25) is 0 Å². The lowest BCUT2D eigenvalue weighted by Crippen LogP contribution is -2.52. The van der Waals surface area contributed by atoms with Crippen LogP contribution in [0.25, 0.3) is 0 Å². The number of hydrogen-bond acceptors (Lipinski definition) is 3. The first kappa shape index (κ1) is 12.0. The summed E-state index contributed by atoms with van der Waals surface area (Å²) in [5.74, 6) is 0. The van der Waals surface area contributed by atoms with Gasteiger partial charge in [0.1, 0.15) is 5.60 Å². The Labute approximate surface area is 91.3 Å². The first-order valence-electron chi connectivity index (χ1n) is 5.26. The average molecular weight is 212 g/mol. The summed E-state index contributed by atoms with van der Waals surface area (Å²) in [4.78, 5) is 13.4. The van der Waals surface area contributed by atoms with Crippen LogP contribution in [0.15, 0.2) is 12.7 Å². The van der Waals surface area contributed by atoms with Crippen molar-refractivity contribution in [2.45, 2.75) is 32.4 Å². The predicted molar refractivity (Wildman–Crippen MR) is 59.8 cm³/mol. The highest BCUT2D eigenvalue weighted by atomic mass is 16.6. The molecule has 1 N–H and O–H groups in total. The van der Waals surface area contributed by atoms with Crippen molar-refractivity contribution in [3.05, 3.63) is 12.7 Å². The van der Waals surface area contributed by atoms with E-state index in [-0.39, 0.29) is 12.1 Å². The van der Waals surface area contributed by atoms with Gasteiger partial charge in [0.15, 0.2) is 0 Å². The molecule has 0 spiro atoms. The normalized spacial score (nSPS) is 22.3. The van der Waals surface area contributed by atoms with Crippen LogP contribution in [-0.2, 0) is 4.74 Å². The zero-order valence-electron chi connectivity index (χ0n) is 9.75. The van der Waals surface area contributed by atoms with Gasteiger partial charge in [-0.3, -0.25) is 0 Å². The van der Waals surface area contributed by atoms with Crippen LogP contribution in [0.2, 0.25) is 0 Å². The molecular weight excluding hydrogens is 192 g/mol. The third kappa shape index (κ3) is 3.91. The number of carbonyl (C=O) groups excluding carboxylic acids is 1. The fraction of sp³-hybridized carbons (Fsp3) is 0.727. The molecule has 0 bridgehead atoms. The van der Waals surface area contributed by atoms with Gasteiger partial charge < -0.3 is 15.0 Å². The second-order valence-electron chi connectivity index (χ2n) is 4.72. The topological polar surface area (TPSA) is 41.6 Å². The summed E-state index contributed by atoms with van der Waals surface area (Å²) in [7, 11) is 0. The van der Waals surface area contributed by atoms with Crippen molar-refractivity contribution in [2.75, 3.05) is 19.6 Å². The van der Waals surface area contributed by atoms with Crippen molar-refractivity contribution in [1.82, 2.24) is 10.2 Å². The van der Waals surface area contributed by atoms with Crippen LogP contribution >= 0.6 is 0 Å². The maximum absolute atomic E-state index is 11.7. The number of hydrogen-bond donors (Lipinski definition) is 1. The van der Waals surface area contributed by atoms with E-state index in [9.17, 15) is 4.79 Å². The minimum absolute atomic E-state index is 0.172. The molecule has 1 aliphatic rings. The second kappa shape index (κ2) is 4.66. The van der Waals surface area contributed by atoms with E-state index in [0.29, 0.717) is 13.1 Å². The maximum atomic E-state index is 11.7. The van der Waals surface area contributed by atoms with Crippen LogP contribution < -0.4 is 5.32 Å². The molecule has 1 rings (SSSR count). The molecule has 0 aromatic carbocycles. The summed E-state index contributed by atoms with van der Waals surface area (Å²) >= 11 is 0. The minimum Gasteiger partial charge on any atom is -0.444 e. The monoisotopic (exact) mass is 212 g/mol. The molecule has 0 aliphatic carbocycles. The van der Waals surface area contributed by atoms with Crippen LogP contribution in [0.1, 0.15) is 20.8 Å². The highest BCUT2D eigenvalue weighted by Gasteiger charge is 2.25. The lowest BCUT2D eigenvalue weighted by Gasteiger charge is -2.33. The number of ether oxygens (including phenoxy) is 1. The summed E-state index contributed by atoms with van der Waals surface area (Å²) in [6.07, 6.45) is 1.58. The Morgan fingerprint density at radius 1 is 1.60 bits per heavy atom. The first-order chi connectivity index (χ1) is 6.92. The van der Waals surface area contributed by atoms with Gasteiger partial charge in [-0.05, 0) is 20.8 Å². The lowest BCUT2D eigenvalue weighted by atomic mass is 10.2. The third-order valence-electron chi connectivity index (χ3n) is 2.14. The van der Waals surface area contributed by atoms with E-state index in [1.165, 1.54) is 0 Å². The second-order valence-corrected chi connectivity index (χ2v) is 4.72. The minimum atomic E-state index is -0.425. The van der Waals surface area contributed by atoms with E-state index in [1.807, 2.05) is 26.8 Å². The average Bonchev–Trinajstić information content (AvgIpc) is 2.15. The first-order valence-corrected chi connectivity index (χ1v) is 5.26. The Kier molecular flexibility index (Phi) is 3.74. The summed E-state index contributed by atoms with van der Waals surface area (Å²) in [6.45, 7) is 11.4. The van der Waals surface area contributed by atoms with Crippen LogP contribution in [0.5, 0.6) is 0 Å². The Bertz CT molecular complexity index is 245. The summed E-state index contributed by atoms with van der Waals surface area (Å²) < 4.78 is 5.29. The van der Waals surface area contributed by atoms with E-state index in [1.54, 1.807) is 4.90 Å². The molecule has 0 radical (unpaired) electrons. The molecule has 0 saturated carbocycles. The van der Waals surface area contributed by atoms with E-state index in [0.717, 1.165) is 6.54 Å². The fourth-order valence-electron chi connectivity index (χ4n) is 1.43. The van der Waals surface area contributed by atoms with Crippen LogP contribution in [0.3, 0.4) is 0 Å². The van der Waals surface area contributed by atoms with E-state index in [4.69, 9.17) is 4.74 Å². The van der Waals surface area contributed by atoms with Gasteiger partial charge in [-0.1, -0.05) is 6.08 Å². The van der Waals surface area contributed by atoms with E-state index in [2.05, 4.69) is 11.9 Å². The smallest absolute Gasteiger partial charge is 0.410 e. The van der Waals surface area contributed by atoms with Gasteiger partial charge >= 0.3 is 6.09 Å². The molecule has 1 atom stereocenters. The number of rotatable bonds is 1. The molecule has 1 saturated heterocycles. The van der Waals surface area contributed by atoms with Gasteiger partial charge in [-0.25, -0.2) is 4.79 Å². The Morgan fingerprint density at radius 2 is 2.27 bits per heavy atom. The Morgan fingerprint density at radius 3 is 2.80 bits per heavy atom. The fourth-order valence-corrected chi connectivity index (χ4v) is 1.43. The summed E-state index contributed by atoms with van der Waals surface area (Å²) in [5.41, 5.74) is -0.425. The molecule has 0 aromatic heterocycles. The quantitative estimate of drug-likeness (QED) is 0.668. The highest BCUT2D eigenvalue weighted by Crippen LogP contribution is 2.11. The summed E-state index contributed by atoms with van der Waals surface area (Å²) in [6, 6.07) is 0.172. The van der Waals surface area contributed by atoms with Gasteiger partial charge in [0.25, 0.3) is 0 Å². The van der Waals surface area contributed by atoms with Gasteiger partial charge in [-0.2, -0.15) is 0 Å². The molecule has 4 nitrogen and oxygen atoms in total. The zero-order valence-corrected chi connectivity index (χ0v) is 9.75. The van der Waals surface area contributed by atoms with Crippen LogP contribution in [0, 0.1) is 0 Å². The van der Waals surface area contributed by atoms with Gasteiger partial charge in [0.05, 0.1) is 0 Å². The molecule has 86 valence electrons. The zero-order chi connectivity index (χ0) is 11.5. The van der Waals surface area contributed by atoms with E-state index >= 15 is 0 Å². The number of nitrogens with one attached hydrogen (secondary N) is 1. The van der Waals surface area contributed by atoms with Crippen LogP contribution in [0.4, 0.5) is 4.79 Å². The SMILES string of the molecule is C=C[C@@H]1CN(C(=O)OC(C)(C)C)CCN1. The number of carbonyl (C=O) groups is 1. The third-order valence-corrected chi connectivity index (χ3v) is 2.14. The van der Waals surface area contributed by atoms with Crippen molar-refractivity contribution in [1.29, 1.82) is 0 Å². The van der Waals surface area contributed by atoms with Crippen molar-refractivity contribution in [3.8, 4) is 0 Å². The molecular formula is C11H20N2O2. The maximum Gasteiger partial charge on any atom is 0.410 e. The molecule has 4 heteroatoms. The molecule has 1 amide bonds. The highest BCUT2D eigenvalue weighted by molar-refractivity contribution is 5.68. The van der Waals surface area contributed by atoms with Crippen molar-refractivity contribution in [3.63, 3.8) is 0 Å². The Hall–Kier alpha value is -1.03. The van der Waals surface area contributed by atoms with Crippen molar-refractivity contribution >= 4 is 6.09 Å². The molecule has 1 aliphatic heterocycles. The van der Waals surface area contributed by atoms with Crippen molar-refractivity contribution in [2.24, 2.45) is 0 Å². The van der Waals surface area contributed by atoms with Crippen LogP contribution in [-0.4, -0.2) is 42.3 Å². The standard InChI is InChI=1S/C11H20N2O2/c1-5-9-8-13(7-6-12-9)10(14)15-11(2,3)4/h5,9,12H,1,6-8H2,2-4H3/t9-/m1/s1. The van der Waals surface area contributed by atoms with Gasteiger partial charge in [-0.15, -0.1) is 6.58 Å². The molecule has 15 heavy (non-hydrogen) atoms. The lowest BCUT2D eigenvalue weighted by molar-refractivity contribution is 0.0210. The van der Waals surface area contributed by atoms with E-state index < -0.39 is 5.60 Å². The molecule has 1 heterocycles. The Balaban J connectivity index is 2.49. The number of piperazine rings is 1. The van der Waals surface area contributed by atoms with Gasteiger partial charge in [0, 0.05) is 25.7 Å². The largest absolute Gasteiger partial charge is 0.444 e. The molecule has 0 unspecified atom stereocenters. The molecule has 1 fully saturated rings. The summed E-state index contributed by atoms with van der Waals surface area (Å²) in [5, 5.41) is 3.25. The number of amides is 1.